The van der Waals surface area contributed by atoms with Gasteiger partial charge in [-0.15, -0.1) is 0 Å². The second-order valence-electron chi connectivity index (χ2n) is 8.19. The second kappa shape index (κ2) is 8.79. The monoisotopic (exact) mass is 416 g/mol. The summed E-state index contributed by atoms with van der Waals surface area (Å²) in [4.78, 5) is 31.1. The van der Waals surface area contributed by atoms with Gasteiger partial charge in [-0.2, -0.15) is 0 Å². The molecule has 0 saturated heterocycles. The molecule has 1 aliphatic carbocycles. The topological polar surface area (TPSA) is 92.7 Å². The van der Waals surface area contributed by atoms with Crippen molar-refractivity contribution >= 4 is 11.7 Å². The molecule has 1 aromatic carbocycles. The van der Waals surface area contributed by atoms with Crippen LogP contribution in [0, 0.1) is 20.8 Å². The van der Waals surface area contributed by atoms with Gasteiger partial charge in [-0.25, -0.2) is 19.9 Å². The minimum Gasteiger partial charge on any atom is -0.373 e. The highest BCUT2D eigenvalue weighted by Gasteiger charge is 2.28. The quantitative estimate of drug-likeness (QED) is 0.608. The van der Waals surface area contributed by atoms with Crippen molar-refractivity contribution in [3.63, 3.8) is 0 Å². The Balaban J connectivity index is 1.65. The van der Waals surface area contributed by atoms with Gasteiger partial charge in [0.25, 0.3) is 5.91 Å². The fraction of sp³-hybridized carbons (Fsp3) is 0.375. The summed E-state index contributed by atoms with van der Waals surface area (Å²) in [6, 6.07) is 9.93. The molecule has 7 nitrogen and oxygen atoms in total. The first-order chi connectivity index (χ1) is 14.9. The third kappa shape index (κ3) is 5.05. The number of carbonyl (C=O) groups excluding carboxylic acids is 1. The number of hydrogen-bond donors (Lipinski definition) is 2. The van der Waals surface area contributed by atoms with Crippen LogP contribution in [0.3, 0.4) is 0 Å². The van der Waals surface area contributed by atoms with Gasteiger partial charge in [0.1, 0.15) is 17.5 Å². The lowest BCUT2D eigenvalue weighted by atomic mass is 9.99. The van der Waals surface area contributed by atoms with E-state index in [1.807, 2.05) is 39.1 Å². The lowest BCUT2D eigenvalue weighted by Crippen LogP contribution is -2.31. The molecular formula is C24H28N6O. The molecule has 1 saturated carbocycles. The molecule has 1 aliphatic rings. The summed E-state index contributed by atoms with van der Waals surface area (Å²) in [5, 5.41) is 6.32. The van der Waals surface area contributed by atoms with Crippen LogP contribution in [0.25, 0.3) is 0 Å². The maximum Gasteiger partial charge on any atom is 0.255 e. The van der Waals surface area contributed by atoms with Crippen LogP contribution in [0.5, 0.6) is 0 Å². The first kappa shape index (κ1) is 20.9. The molecule has 0 spiro atoms. The van der Waals surface area contributed by atoms with Gasteiger partial charge in [0.05, 0.1) is 17.3 Å². The Hall–Kier alpha value is -3.35. The lowest BCUT2D eigenvalue weighted by Gasteiger charge is -2.20. The highest BCUT2D eigenvalue weighted by molar-refractivity contribution is 5.95. The van der Waals surface area contributed by atoms with Crippen molar-refractivity contribution in [1.82, 2.24) is 25.3 Å². The average Bonchev–Trinajstić information content (AvgIpc) is 3.58. The summed E-state index contributed by atoms with van der Waals surface area (Å²) in [7, 11) is 1.86. The molecule has 1 atom stereocenters. The number of aromatic nitrogens is 4. The predicted molar refractivity (Wildman–Crippen MR) is 120 cm³/mol. The van der Waals surface area contributed by atoms with Crippen molar-refractivity contribution in [1.29, 1.82) is 0 Å². The first-order valence-electron chi connectivity index (χ1n) is 10.7. The van der Waals surface area contributed by atoms with Gasteiger partial charge >= 0.3 is 0 Å². The van der Waals surface area contributed by atoms with E-state index in [0.717, 1.165) is 41.3 Å². The molecule has 0 bridgehead atoms. The highest BCUT2D eigenvalue weighted by atomic mass is 16.1. The molecule has 1 unspecified atom stereocenters. The van der Waals surface area contributed by atoms with Gasteiger partial charge in [-0.05, 0) is 39.2 Å². The minimum absolute atomic E-state index is 0.186. The summed E-state index contributed by atoms with van der Waals surface area (Å²) in [5.74, 6) is 2.61. The van der Waals surface area contributed by atoms with Crippen LogP contribution < -0.4 is 10.6 Å². The van der Waals surface area contributed by atoms with E-state index in [0.29, 0.717) is 29.4 Å². The summed E-state index contributed by atoms with van der Waals surface area (Å²) in [5.41, 5.74) is 4.24. The number of amides is 1. The predicted octanol–water partition coefficient (Wildman–Crippen LogP) is 3.82. The Kier molecular flexibility index (Phi) is 5.93. The maximum absolute atomic E-state index is 13.1. The number of aryl methyl sites for hydroxylation is 3. The fourth-order valence-electron chi connectivity index (χ4n) is 3.66. The number of anilines is 1. The van der Waals surface area contributed by atoms with Crippen LogP contribution in [0.4, 0.5) is 5.82 Å². The van der Waals surface area contributed by atoms with E-state index >= 15 is 0 Å². The third-order valence-corrected chi connectivity index (χ3v) is 5.50. The second-order valence-corrected chi connectivity index (χ2v) is 8.19. The van der Waals surface area contributed by atoms with Gasteiger partial charge in [0.15, 0.2) is 0 Å². The van der Waals surface area contributed by atoms with E-state index in [-0.39, 0.29) is 11.9 Å². The number of hydrogen-bond acceptors (Lipinski definition) is 6. The van der Waals surface area contributed by atoms with E-state index in [2.05, 4.69) is 44.6 Å². The molecule has 3 aromatic rings. The van der Waals surface area contributed by atoms with Crippen LogP contribution in [0.2, 0.25) is 0 Å². The van der Waals surface area contributed by atoms with E-state index in [1.54, 1.807) is 6.20 Å². The van der Waals surface area contributed by atoms with Crippen LogP contribution in [0.1, 0.15) is 69.3 Å². The van der Waals surface area contributed by atoms with Gasteiger partial charge < -0.3 is 10.6 Å². The fourth-order valence-corrected chi connectivity index (χ4v) is 3.66. The van der Waals surface area contributed by atoms with Crippen LogP contribution >= 0.6 is 0 Å². The SMILES string of the molecule is CNc1cc(CC(NC(=O)c2cnc(C)nc2C)c2cccc(C)c2)nc(C2CC2)n1. The van der Waals surface area contributed by atoms with Crippen molar-refractivity contribution in [2.75, 3.05) is 12.4 Å². The van der Waals surface area contributed by atoms with E-state index in [9.17, 15) is 4.79 Å². The van der Waals surface area contributed by atoms with Crippen LogP contribution in [0.15, 0.2) is 36.5 Å². The summed E-state index contributed by atoms with van der Waals surface area (Å²) in [6.45, 7) is 5.70. The molecule has 0 radical (unpaired) electrons. The summed E-state index contributed by atoms with van der Waals surface area (Å²) < 4.78 is 0. The number of nitrogens with one attached hydrogen (secondary N) is 2. The minimum atomic E-state index is -0.236. The van der Waals surface area contributed by atoms with Gasteiger partial charge in [0, 0.05) is 37.3 Å². The highest BCUT2D eigenvalue weighted by Crippen LogP contribution is 2.38. The van der Waals surface area contributed by atoms with Crippen LogP contribution in [-0.2, 0) is 6.42 Å². The molecule has 1 amide bonds. The molecule has 7 heteroatoms. The Morgan fingerprint density at radius 2 is 1.94 bits per heavy atom. The Morgan fingerprint density at radius 3 is 2.61 bits per heavy atom. The van der Waals surface area contributed by atoms with Crippen molar-refractivity contribution in [2.45, 2.75) is 52.0 Å². The summed E-state index contributed by atoms with van der Waals surface area (Å²) in [6.07, 6.45) is 4.43. The smallest absolute Gasteiger partial charge is 0.255 e. The molecule has 2 aromatic heterocycles. The van der Waals surface area contributed by atoms with E-state index < -0.39 is 0 Å². The largest absolute Gasteiger partial charge is 0.373 e. The van der Waals surface area contributed by atoms with Crippen molar-refractivity contribution in [3.05, 3.63) is 76.3 Å². The molecular weight excluding hydrogens is 388 g/mol. The number of carbonyl (C=O) groups is 1. The number of benzene rings is 1. The molecule has 1 fully saturated rings. The summed E-state index contributed by atoms with van der Waals surface area (Å²) >= 11 is 0. The van der Waals surface area contributed by atoms with Crippen molar-refractivity contribution in [2.24, 2.45) is 0 Å². The molecule has 31 heavy (non-hydrogen) atoms. The molecule has 2 heterocycles. The Labute approximate surface area is 182 Å². The molecule has 2 N–H and O–H groups in total. The van der Waals surface area contributed by atoms with Crippen molar-refractivity contribution < 1.29 is 4.79 Å². The van der Waals surface area contributed by atoms with E-state index in [1.165, 1.54) is 0 Å². The number of rotatable bonds is 7. The maximum atomic E-state index is 13.1. The zero-order valence-electron chi connectivity index (χ0n) is 18.4. The molecule has 160 valence electrons. The van der Waals surface area contributed by atoms with Gasteiger partial charge in [0.2, 0.25) is 0 Å². The molecule has 4 rings (SSSR count). The van der Waals surface area contributed by atoms with E-state index in [4.69, 9.17) is 4.98 Å². The van der Waals surface area contributed by atoms with Gasteiger partial charge in [-0.3, -0.25) is 4.79 Å². The normalized spacial score (nSPS) is 14.2. The average molecular weight is 417 g/mol. The lowest BCUT2D eigenvalue weighted by molar-refractivity contribution is 0.0935. The number of nitrogens with zero attached hydrogens (tertiary/aromatic N) is 4. The standard InChI is InChI=1S/C24H28N6O/c1-14-6-5-7-18(10-14)21(29-24(31)20-13-26-16(3)27-15(20)2)11-19-12-22(25-4)30-23(28-19)17-8-9-17/h5-7,10,12-13,17,21H,8-9,11H2,1-4H3,(H,29,31)(H,25,28,30). The zero-order valence-corrected chi connectivity index (χ0v) is 18.4. The first-order valence-corrected chi connectivity index (χ1v) is 10.7. The van der Waals surface area contributed by atoms with Gasteiger partial charge in [-0.1, -0.05) is 29.8 Å². The Morgan fingerprint density at radius 1 is 1.13 bits per heavy atom. The molecule has 0 aliphatic heterocycles. The zero-order chi connectivity index (χ0) is 22.0. The third-order valence-electron chi connectivity index (χ3n) is 5.50. The Bertz CT molecular complexity index is 1110. The van der Waals surface area contributed by atoms with Crippen LogP contribution in [-0.4, -0.2) is 32.9 Å². The van der Waals surface area contributed by atoms with Crippen molar-refractivity contribution in [3.8, 4) is 0 Å².